The Balaban J connectivity index is 1.46. The minimum absolute atomic E-state index is 0.0123. The topological polar surface area (TPSA) is 82.6 Å². The van der Waals surface area contributed by atoms with Crippen molar-refractivity contribution in [1.29, 1.82) is 0 Å². The summed E-state index contributed by atoms with van der Waals surface area (Å²) in [5.74, 6) is 0.227. The quantitative estimate of drug-likeness (QED) is 0.451. The first kappa shape index (κ1) is 24.1. The summed E-state index contributed by atoms with van der Waals surface area (Å²) in [5, 5.41) is 5.08. The van der Waals surface area contributed by atoms with Gasteiger partial charge in [-0.3, -0.25) is 19.5 Å². The van der Waals surface area contributed by atoms with Gasteiger partial charge in [0.15, 0.2) is 0 Å². The Morgan fingerprint density at radius 1 is 1.24 bits per heavy atom. The van der Waals surface area contributed by atoms with Crippen LogP contribution in [0.25, 0.3) is 6.08 Å². The zero-order chi connectivity index (χ0) is 24.1. The molecule has 4 heterocycles. The molecule has 0 saturated carbocycles. The third-order valence-electron chi connectivity index (χ3n) is 6.80. The van der Waals surface area contributed by atoms with Crippen LogP contribution in [0.5, 0.6) is 0 Å². The smallest absolute Gasteiger partial charge is 0.325 e. The SMILES string of the molecule is CC(C)CC[C@@]1(C2CCN(C(=O)/C=C/c3cccs3)CC2)NC(=O)N(Cc2ccccn2)C1=O. The van der Waals surface area contributed by atoms with E-state index in [2.05, 4.69) is 24.1 Å². The van der Waals surface area contributed by atoms with Crippen LogP contribution >= 0.6 is 11.3 Å². The van der Waals surface area contributed by atoms with Crippen molar-refractivity contribution in [2.24, 2.45) is 11.8 Å². The summed E-state index contributed by atoms with van der Waals surface area (Å²) >= 11 is 1.59. The summed E-state index contributed by atoms with van der Waals surface area (Å²) in [6.45, 7) is 5.57. The highest BCUT2D eigenvalue weighted by atomic mass is 32.1. The Labute approximate surface area is 204 Å². The minimum Gasteiger partial charge on any atom is -0.339 e. The van der Waals surface area contributed by atoms with Gasteiger partial charge in [0, 0.05) is 30.2 Å². The predicted octanol–water partition coefficient (Wildman–Crippen LogP) is 4.32. The maximum Gasteiger partial charge on any atom is 0.325 e. The molecule has 7 nitrogen and oxygen atoms in total. The molecule has 0 radical (unpaired) electrons. The number of carbonyl (C=O) groups is 3. The summed E-state index contributed by atoms with van der Waals surface area (Å²) in [6.07, 6.45) is 7.94. The summed E-state index contributed by atoms with van der Waals surface area (Å²) in [7, 11) is 0. The molecule has 8 heteroatoms. The minimum atomic E-state index is -0.919. The van der Waals surface area contributed by atoms with Gasteiger partial charge < -0.3 is 10.2 Å². The molecule has 2 aromatic rings. The lowest BCUT2D eigenvalue weighted by Gasteiger charge is -2.41. The van der Waals surface area contributed by atoms with Gasteiger partial charge in [0.2, 0.25) is 5.91 Å². The second kappa shape index (κ2) is 10.5. The molecule has 0 spiro atoms. The van der Waals surface area contributed by atoms with E-state index in [9.17, 15) is 14.4 Å². The van der Waals surface area contributed by atoms with E-state index in [0.29, 0.717) is 44.0 Å². The zero-order valence-corrected chi connectivity index (χ0v) is 20.6. The highest BCUT2D eigenvalue weighted by Crippen LogP contribution is 2.38. The molecule has 180 valence electrons. The van der Waals surface area contributed by atoms with Crippen molar-refractivity contribution in [1.82, 2.24) is 20.1 Å². The molecule has 1 N–H and O–H groups in total. The Morgan fingerprint density at radius 2 is 2.03 bits per heavy atom. The second-order valence-corrected chi connectivity index (χ2v) is 10.5. The summed E-state index contributed by atoms with van der Waals surface area (Å²) < 4.78 is 0. The number of hydrogen-bond acceptors (Lipinski definition) is 5. The highest BCUT2D eigenvalue weighted by molar-refractivity contribution is 7.10. The fourth-order valence-corrected chi connectivity index (χ4v) is 5.46. The molecule has 0 aliphatic carbocycles. The molecule has 0 bridgehead atoms. The van der Waals surface area contributed by atoms with Crippen molar-refractivity contribution in [3.63, 3.8) is 0 Å². The number of amides is 4. The van der Waals surface area contributed by atoms with Crippen LogP contribution in [0.2, 0.25) is 0 Å². The van der Waals surface area contributed by atoms with Gasteiger partial charge in [-0.25, -0.2) is 4.79 Å². The molecule has 2 aromatic heterocycles. The molecule has 2 fully saturated rings. The molecule has 2 aliphatic heterocycles. The van der Waals surface area contributed by atoms with Crippen LogP contribution in [-0.2, 0) is 16.1 Å². The van der Waals surface area contributed by atoms with Gasteiger partial charge in [0.05, 0.1) is 12.2 Å². The van der Waals surface area contributed by atoms with Crippen molar-refractivity contribution in [3.05, 3.63) is 58.6 Å². The summed E-state index contributed by atoms with van der Waals surface area (Å²) in [4.78, 5) is 47.8. The van der Waals surface area contributed by atoms with E-state index in [1.807, 2.05) is 46.7 Å². The first-order valence-corrected chi connectivity index (χ1v) is 12.8. The number of imide groups is 1. The lowest BCUT2D eigenvalue weighted by molar-refractivity contribution is -0.135. The number of urea groups is 1. The molecule has 0 aromatic carbocycles. The monoisotopic (exact) mass is 480 g/mol. The van der Waals surface area contributed by atoms with Crippen LogP contribution in [0.3, 0.4) is 0 Å². The lowest BCUT2D eigenvalue weighted by atomic mass is 9.74. The van der Waals surface area contributed by atoms with E-state index in [1.165, 1.54) is 4.90 Å². The molecule has 4 amide bonds. The van der Waals surface area contributed by atoms with E-state index in [-0.39, 0.29) is 30.3 Å². The standard InChI is InChI=1S/C26H32N4O3S/c1-19(2)10-13-26(24(32)30(25(33)28-26)18-21-6-3-4-14-27-21)20-11-15-29(16-12-20)23(31)9-8-22-7-5-17-34-22/h3-9,14,17,19-20H,10-13,15-16,18H2,1-2H3,(H,28,33)/b9-8+/t26-/m0/s1. The number of piperidine rings is 1. The summed E-state index contributed by atoms with van der Waals surface area (Å²) in [5.41, 5.74) is -0.235. The number of pyridine rings is 1. The van der Waals surface area contributed by atoms with E-state index < -0.39 is 5.54 Å². The van der Waals surface area contributed by atoms with Gasteiger partial charge in [-0.1, -0.05) is 26.0 Å². The highest BCUT2D eigenvalue weighted by Gasteiger charge is 2.55. The van der Waals surface area contributed by atoms with Gasteiger partial charge in [0.25, 0.3) is 5.91 Å². The number of hydrogen-bond donors (Lipinski definition) is 1. The van der Waals surface area contributed by atoms with E-state index >= 15 is 0 Å². The third kappa shape index (κ3) is 5.22. The second-order valence-electron chi connectivity index (χ2n) is 9.49. The van der Waals surface area contributed by atoms with Crippen molar-refractivity contribution in [3.8, 4) is 0 Å². The van der Waals surface area contributed by atoms with Crippen LogP contribution < -0.4 is 5.32 Å². The van der Waals surface area contributed by atoms with Gasteiger partial charge in [-0.05, 0) is 67.2 Å². The number of aromatic nitrogens is 1. The van der Waals surface area contributed by atoms with Crippen molar-refractivity contribution >= 4 is 35.3 Å². The molecule has 1 atom stereocenters. The van der Waals surface area contributed by atoms with Crippen LogP contribution in [-0.4, -0.2) is 51.3 Å². The van der Waals surface area contributed by atoms with Gasteiger partial charge in [-0.15, -0.1) is 11.3 Å². The predicted molar refractivity (Wildman–Crippen MR) is 133 cm³/mol. The van der Waals surface area contributed by atoms with Crippen molar-refractivity contribution in [2.75, 3.05) is 13.1 Å². The first-order valence-electron chi connectivity index (χ1n) is 11.9. The molecule has 0 unspecified atom stereocenters. The number of nitrogens with one attached hydrogen (secondary N) is 1. The Kier molecular flexibility index (Phi) is 7.46. The number of nitrogens with zero attached hydrogens (tertiary/aromatic N) is 3. The zero-order valence-electron chi connectivity index (χ0n) is 19.8. The molecule has 4 rings (SSSR count). The maximum atomic E-state index is 13.7. The molecule has 2 saturated heterocycles. The molecular weight excluding hydrogens is 448 g/mol. The fraction of sp³-hybridized carbons (Fsp3) is 0.462. The van der Waals surface area contributed by atoms with Gasteiger partial charge in [-0.2, -0.15) is 0 Å². The van der Waals surface area contributed by atoms with Crippen LogP contribution in [0, 0.1) is 11.8 Å². The van der Waals surface area contributed by atoms with Gasteiger partial charge >= 0.3 is 6.03 Å². The number of likely N-dealkylation sites (tertiary alicyclic amines) is 1. The van der Waals surface area contributed by atoms with E-state index in [4.69, 9.17) is 0 Å². The normalized spacial score (nSPS) is 21.6. The lowest BCUT2D eigenvalue weighted by Crippen LogP contribution is -2.56. The van der Waals surface area contributed by atoms with Crippen LogP contribution in [0.1, 0.15) is 50.1 Å². The largest absolute Gasteiger partial charge is 0.339 e. The molecule has 34 heavy (non-hydrogen) atoms. The number of carbonyl (C=O) groups excluding carboxylic acids is 3. The Morgan fingerprint density at radius 3 is 2.68 bits per heavy atom. The first-order chi connectivity index (χ1) is 16.4. The Hall–Kier alpha value is -3.00. The van der Waals surface area contributed by atoms with E-state index in [1.54, 1.807) is 23.6 Å². The van der Waals surface area contributed by atoms with E-state index in [0.717, 1.165) is 11.3 Å². The average Bonchev–Trinajstić information content (AvgIpc) is 3.45. The fourth-order valence-electron chi connectivity index (χ4n) is 4.85. The average molecular weight is 481 g/mol. The van der Waals surface area contributed by atoms with Crippen molar-refractivity contribution in [2.45, 2.75) is 51.6 Å². The van der Waals surface area contributed by atoms with Crippen LogP contribution in [0.15, 0.2) is 48.0 Å². The Bertz CT molecular complexity index is 1030. The maximum absolute atomic E-state index is 13.7. The number of rotatable bonds is 8. The number of thiophene rings is 1. The van der Waals surface area contributed by atoms with Gasteiger partial charge in [0.1, 0.15) is 5.54 Å². The molecular formula is C26H32N4O3S. The molecule has 2 aliphatic rings. The third-order valence-corrected chi connectivity index (χ3v) is 7.64. The summed E-state index contributed by atoms with van der Waals surface area (Å²) in [6, 6.07) is 9.07. The van der Waals surface area contributed by atoms with Crippen LogP contribution in [0.4, 0.5) is 4.79 Å². The van der Waals surface area contributed by atoms with Crippen molar-refractivity contribution < 1.29 is 14.4 Å².